The molecule has 1 rings (SSSR count). The van der Waals surface area contributed by atoms with Crippen molar-refractivity contribution in [2.45, 2.75) is 13.8 Å². The van der Waals surface area contributed by atoms with Crippen molar-refractivity contribution in [3.63, 3.8) is 0 Å². The third kappa shape index (κ3) is 6.96. The number of benzene rings is 1. The molecule has 0 atom stereocenters. The maximum absolute atomic E-state index is 11.1. The number of rotatable bonds is 9. The number of thioether (sulfide) groups is 1. The summed E-state index contributed by atoms with van der Waals surface area (Å²) in [6.45, 7) is 5.41. The molecule has 0 saturated heterocycles. The van der Waals surface area contributed by atoms with Gasteiger partial charge < -0.3 is 14.2 Å². The van der Waals surface area contributed by atoms with Gasteiger partial charge in [-0.1, -0.05) is 0 Å². The van der Waals surface area contributed by atoms with Gasteiger partial charge in [-0.25, -0.2) is 0 Å². The monoisotopic (exact) mass is 284 g/mol. The van der Waals surface area contributed by atoms with E-state index in [2.05, 4.69) is 0 Å². The Labute approximate surface area is 118 Å². The summed E-state index contributed by atoms with van der Waals surface area (Å²) < 4.78 is 15.7. The van der Waals surface area contributed by atoms with Gasteiger partial charge in [-0.2, -0.15) is 0 Å². The van der Waals surface area contributed by atoms with Crippen LogP contribution in [0.2, 0.25) is 0 Å². The average Bonchev–Trinajstić information content (AvgIpc) is 2.41. The van der Waals surface area contributed by atoms with Crippen molar-refractivity contribution >= 4 is 17.7 Å². The van der Waals surface area contributed by atoms with Crippen LogP contribution >= 0.6 is 11.8 Å². The highest BCUT2D eigenvalue weighted by atomic mass is 32.2. The minimum atomic E-state index is -0.173. The fourth-order valence-corrected chi connectivity index (χ4v) is 1.97. The van der Waals surface area contributed by atoms with Crippen molar-refractivity contribution < 1.29 is 19.0 Å². The summed E-state index contributed by atoms with van der Waals surface area (Å²) in [5.74, 6) is 2.60. The van der Waals surface area contributed by atoms with Gasteiger partial charge in [-0.15, -0.1) is 11.8 Å². The molecule has 19 heavy (non-hydrogen) atoms. The highest BCUT2D eigenvalue weighted by molar-refractivity contribution is 7.99. The summed E-state index contributed by atoms with van der Waals surface area (Å²) >= 11 is 1.51. The molecular weight excluding hydrogens is 264 g/mol. The number of carbonyl (C=O) groups excluding carboxylic acids is 1. The standard InChI is InChI=1S/C14H20O4S/c1-3-16-12-5-7-13(8-6-12)18-9-10-19-11-14(15)17-4-2/h5-8H,3-4,9-11H2,1-2H3. The van der Waals surface area contributed by atoms with E-state index in [0.29, 0.717) is 25.6 Å². The summed E-state index contributed by atoms with van der Waals surface area (Å²) in [6, 6.07) is 7.51. The Bertz CT molecular complexity index is 364. The molecule has 1 aromatic carbocycles. The van der Waals surface area contributed by atoms with E-state index < -0.39 is 0 Å². The zero-order valence-corrected chi connectivity index (χ0v) is 12.2. The Kier molecular flexibility index (Phi) is 7.89. The van der Waals surface area contributed by atoms with Gasteiger partial charge in [0.1, 0.15) is 11.5 Å². The lowest BCUT2D eigenvalue weighted by molar-refractivity contribution is -0.139. The predicted octanol–water partition coefficient (Wildman–Crippen LogP) is 2.76. The van der Waals surface area contributed by atoms with E-state index in [0.717, 1.165) is 17.3 Å². The average molecular weight is 284 g/mol. The van der Waals surface area contributed by atoms with Crippen LogP contribution < -0.4 is 9.47 Å². The third-order valence-corrected chi connectivity index (χ3v) is 3.05. The van der Waals surface area contributed by atoms with Crippen LogP contribution in [0.1, 0.15) is 13.8 Å². The van der Waals surface area contributed by atoms with Crippen LogP contribution in [0.25, 0.3) is 0 Å². The zero-order chi connectivity index (χ0) is 13.9. The summed E-state index contributed by atoms with van der Waals surface area (Å²) in [6.07, 6.45) is 0. The number of esters is 1. The van der Waals surface area contributed by atoms with Crippen LogP contribution in [0.3, 0.4) is 0 Å². The van der Waals surface area contributed by atoms with Crippen LogP contribution in [-0.4, -0.2) is 37.3 Å². The second-order valence-electron chi connectivity index (χ2n) is 3.61. The SMILES string of the molecule is CCOC(=O)CSCCOc1ccc(OCC)cc1. The highest BCUT2D eigenvalue weighted by Gasteiger charge is 2.01. The minimum absolute atomic E-state index is 0.173. The first-order chi connectivity index (χ1) is 9.26. The van der Waals surface area contributed by atoms with E-state index in [1.807, 2.05) is 31.2 Å². The first-order valence-electron chi connectivity index (χ1n) is 6.35. The highest BCUT2D eigenvalue weighted by Crippen LogP contribution is 2.17. The number of hydrogen-bond acceptors (Lipinski definition) is 5. The van der Waals surface area contributed by atoms with Crippen LogP contribution in [0.4, 0.5) is 0 Å². The predicted molar refractivity (Wildman–Crippen MR) is 77.1 cm³/mol. The summed E-state index contributed by atoms with van der Waals surface area (Å²) in [5, 5.41) is 0. The lowest BCUT2D eigenvalue weighted by Gasteiger charge is -2.07. The summed E-state index contributed by atoms with van der Waals surface area (Å²) in [4.78, 5) is 11.1. The summed E-state index contributed by atoms with van der Waals surface area (Å²) in [7, 11) is 0. The maximum atomic E-state index is 11.1. The van der Waals surface area contributed by atoms with Crippen molar-refractivity contribution in [1.82, 2.24) is 0 Å². The molecule has 0 unspecified atom stereocenters. The first-order valence-corrected chi connectivity index (χ1v) is 7.50. The normalized spacial score (nSPS) is 10.0. The molecule has 0 aromatic heterocycles. The fraction of sp³-hybridized carbons (Fsp3) is 0.500. The van der Waals surface area contributed by atoms with E-state index in [1.54, 1.807) is 6.92 Å². The molecule has 0 amide bonds. The fourth-order valence-electron chi connectivity index (χ4n) is 1.38. The largest absolute Gasteiger partial charge is 0.494 e. The second-order valence-corrected chi connectivity index (χ2v) is 4.72. The van der Waals surface area contributed by atoms with Gasteiger partial charge in [0.2, 0.25) is 0 Å². The van der Waals surface area contributed by atoms with E-state index in [4.69, 9.17) is 14.2 Å². The molecule has 0 aliphatic rings. The molecule has 5 heteroatoms. The molecule has 0 N–H and O–H groups in total. The van der Waals surface area contributed by atoms with Crippen molar-refractivity contribution in [2.75, 3.05) is 31.3 Å². The van der Waals surface area contributed by atoms with E-state index in [-0.39, 0.29) is 5.97 Å². The Morgan fingerprint density at radius 1 is 1.05 bits per heavy atom. The van der Waals surface area contributed by atoms with Crippen molar-refractivity contribution in [3.05, 3.63) is 24.3 Å². The molecule has 1 aromatic rings. The molecule has 106 valence electrons. The Hall–Kier alpha value is -1.36. The van der Waals surface area contributed by atoms with Crippen LogP contribution in [-0.2, 0) is 9.53 Å². The lowest BCUT2D eigenvalue weighted by atomic mass is 10.3. The Balaban J connectivity index is 2.13. The minimum Gasteiger partial charge on any atom is -0.494 e. The van der Waals surface area contributed by atoms with Gasteiger partial charge in [-0.3, -0.25) is 4.79 Å². The smallest absolute Gasteiger partial charge is 0.315 e. The van der Waals surface area contributed by atoms with Crippen LogP contribution in [0.5, 0.6) is 11.5 Å². The van der Waals surface area contributed by atoms with Crippen LogP contribution in [0, 0.1) is 0 Å². The molecule has 4 nitrogen and oxygen atoms in total. The van der Waals surface area contributed by atoms with E-state index in [9.17, 15) is 4.79 Å². The van der Waals surface area contributed by atoms with E-state index >= 15 is 0 Å². The van der Waals surface area contributed by atoms with Gasteiger partial charge in [0.05, 0.1) is 25.6 Å². The lowest BCUT2D eigenvalue weighted by Crippen LogP contribution is -2.09. The number of hydrogen-bond donors (Lipinski definition) is 0. The van der Waals surface area contributed by atoms with Crippen molar-refractivity contribution in [1.29, 1.82) is 0 Å². The molecule has 0 bridgehead atoms. The van der Waals surface area contributed by atoms with Crippen LogP contribution in [0.15, 0.2) is 24.3 Å². The molecule has 0 saturated carbocycles. The Morgan fingerprint density at radius 2 is 1.68 bits per heavy atom. The summed E-state index contributed by atoms with van der Waals surface area (Å²) in [5.41, 5.74) is 0. The molecular formula is C14H20O4S. The van der Waals surface area contributed by atoms with Crippen molar-refractivity contribution in [2.24, 2.45) is 0 Å². The van der Waals surface area contributed by atoms with Gasteiger partial charge in [0.15, 0.2) is 0 Å². The van der Waals surface area contributed by atoms with Gasteiger partial charge in [0, 0.05) is 5.75 Å². The molecule has 0 radical (unpaired) electrons. The van der Waals surface area contributed by atoms with Gasteiger partial charge in [0.25, 0.3) is 0 Å². The second kappa shape index (κ2) is 9.55. The molecule has 0 spiro atoms. The molecule has 0 fully saturated rings. The van der Waals surface area contributed by atoms with Gasteiger partial charge >= 0.3 is 5.97 Å². The third-order valence-electron chi connectivity index (χ3n) is 2.16. The Morgan fingerprint density at radius 3 is 2.26 bits per heavy atom. The number of carbonyl (C=O) groups is 1. The quantitative estimate of drug-likeness (QED) is 0.515. The first kappa shape index (κ1) is 15.7. The zero-order valence-electron chi connectivity index (χ0n) is 11.4. The molecule has 0 aliphatic carbocycles. The van der Waals surface area contributed by atoms with Gasteiger partial charge in [-0.05, 0) is 38.1 Å². The van der Waals surface area contributed by atoms with E-state index in [1.165, 1.54) is 11.8 Å². The van der Waals surface area contributed by atoms with Crippen molar-refractivity contribution in [3.8, 4) is 11.5 Å². The molecule has 0 aliphatic heterocycles. The topological polar surface area (TPSA) is 44.8 Å². The maximum Gasteiger partial charge on any atom is 0.315 e. The number of ether oxygens (including phenoxy) is 3. The molecule has 0 heterocycles.